The summed E-state index contributed by atoms with van der Waals surface area (Å²) in [5, 5.41) is 18.6. The molecular weight excluding hydrogens is 304 g/mol. The summed E-state index contributed by atoms with van der Waals surface area (Å²) >= 11 is 0. The quantitative estimate of drug-likeness (QED) is 0.684. The third-order valence-corrected chi connectivity index (χ3v) is 4.62. The first-order valence-corrected chi connectivity index (χ1v) is 8.26. The molecule has 0 spiro atoms. The minimum atomic E-state index is -0.242. The average Bonchev–Trinajstić information content (AvgIpc) is 2.62. The van der Waals surface area contributed by atoms with E-state index in [4.69, 9.17) is 0 Å². The molecule has 2 aromatic rings. The summed E-state index contributed by atoms with van der Waals surface area (Å²) in [5.41, 5.74) is 5.38. The minimum Gasteiger partial charge on any atom is -0.192 e. The van der Waals surface area contributed by atoms with Crippen molar-refractivity contribution in [2.45, 2.75) is 32.1 Å². The third-order valence-electron chi connectivity index (χ3n) is 4.62. The lowest BCUT2D eigenvalue weighted by atomic mass is 9.76. The molecule has 0 N–H and O–H groups in total. The molecule has 2 heteroatoms. The smallest absolute Gasteiger partial charge is 0.0994 e. The topological polar surface area (TPSA) is 47.6 Å². The van der Waals surface area contributed by atoms with Gasteiger partial charge in [-0.25, -0.2) is 0 Å². The molecule has 0 fully saturated rings. The second kappa shape index (κ2) is 7.65. The van der Waals surface area contributed by atoms with Crippen LogP contribution in [0.2, 0.25) is 0 Å². The summed E-state index contributed by atoms with van der Waals surface area (Å²) in [7, 11) is 0. The Morgan fingerprint density at radius 1 is 0.840 bits per heavy atom. The van der Waals surface area contributed by atoms with Gasteiger partial charge in [-0.3, -0.25) is 0 Å². The first kappa shape index (κ1) is 18.2. The summed E-state index contributed by atoms with van der Waals surface area (Å²) < 4.78 is 0. The van der Waals surface area contributed by atoms with Gasteiger partial charge in [-0.2, -0.15) is 10.5 Å². The maximum absolute atomic E-state index is 9.28. The molecule has 0 heterocycles. The second-order valence-electron chi connectivity index (χ2n) is 6.58. The number of benzene rings is 2. The zero-order valence-corrected chi connectivity index (χ0v) is 14.8. The van der Waals surface area contributed by atoms with Crippen molar-refractivity contribution in [3.8, 4) is 12.1 Å². The van der Waals surface area contributed by atoms with Gasteiger partial charge in [0.1, 0.15) is 0 Å². The lowest BCUT2D eigenvalue weighted by Gasteiger charge is -2.27. The molecule has 0 aliphatic heterocycles. The Labute approximate surface area is 150 Å². The van der Waals surface area contributed by atoms with E-state index in [9.17, 15) is 10.5 Å². The standard InChI is InChI=1S/C23H22N2/c1-5-7-17-13-21(11-9-19(17)15-24)23(3,4)22-12-10-20(16-25)18(14-22)8-6-2/h5-6,9-14H,1-2,7-8H2,3-4H3. The van der Waals surface area contributed by atoms with Gasteiger partial charge in [0.25, 0.3) is 0 Å². The van der Waals surface area contributed by atoms with Gasteiger partial charge in [-0.15, -0.1) is 13.2 Å². The molecule has 0 aliphatic carbocycles. The van der Waals surface area contributed by atoms with E-state index >= 15 is 0 Å². The first-order chi connectivity index (χ1) is 12.0. The zero-order chi connectivity index (χ0) is 18.4. The molecule has 0 bridgehead atoms. The summed E-state index contributed by atoms with van der Waals surface area (Å²) in [6.07, 6.45) is 4.97. The van der Waals surface area contributed by atoms with E-state index in [0.29, 0.717) is 24.0 Å². The fourth-order valence-electron chi connectivity index (χ4n) is 3.00. The molecule has 2 aromatic carbocycles. The van der Waals surface area contributed by atoms with E-state index in [0.717, 1.165) is 22.3 Å². The third kappa shape index (κ3) is 3.70. The van der Waals surface area contributed by atoms with E-state index in [1.165, 1.54) is 0 Å². The van der Waals surface area contributed by atoms with Crippen molar-refractivity contribution < 1.29 is 0 Å². The monoisotopic (exact) mass is 326 g/mol. The highest BCUT2D eigenvalue weighted by atomic mass is 14.3. The number of allylic oxidation sites excluding steroid dienone is 2. The van der Waals surface area contributed by atoms with Crippen molar-refractivity contribution in [1.82, 2.24) is 0 Å². The number of hydrogen-bond donors (Lipinski definition) is 0. The Hall–Kier alpha value is -3.10. The lowest BCUT2D eigenvalue weighted by molar-refractivity contribution is 0.638. The number of nitriles is 2. The molecule has 0 radical (unpaired) electrons. The van der Waals surface area contributed by atoms with Crippen LogP contribution in [0.5, 0.6) is 0 Å². The molecule has 124 valence electrons. The van der Waals surface area contributed by atoms with Gasteiger partial charge in [0, 0.05) is 5.41 Å². The van der Waals surface area contributed by atoms with Crippen LogP contribution >= 0.6 is 0 Å². The molecule has 0 saturated carbocycles. The van der Waals surface area contributed by atoms with Gasteiger partial charge >= 0.3 is 0 Å². The second-order valence-corrected chi connectivity index (χ2v) is 6.58. The number of nitrogens with zero attached hydrogens (tertiary/aromatic N) is 2. The SMILES string of the molecule is C=CCc1cc(C(C)(C)c2ccc(C#N)c(CC=C)c2)ccc1C#N. The van der Waals surface area contributed by atoms with Crippen LogP contribution in [-0.4, -0.2) is 0 Å². The Morgan fingerprint density at radius 3 is 1.56 bits per heavy atom. The fraction of sp³-hybridized carbons (Fsp3) is 0.217. The molecule has 0 atom stereocenters. The highest BCUT2D eigenvalue weighted by Crippen LogP contribution is 2.34. The van der Waals surface area contributed by atoms with Crippen molar-refractivity contribution in [3.63, 3.8) is 0 Å². The van der Waals surface area contributed by atoms with Gasteiger partial charge in [0.05, 0.1) is 23.3 Å². The zero-order valence-electron chi connectivity index (χ0n) is 14.8. The normalized spacial score (nSPS) is 10.6. The first-order valence-electron chi connectivity index (χ1n) is 8.26. The Bertz CT molecular complexity index is 816. The molecular formula is C23H22N2. The molecule has 0 amide bonds. The van der Waals surface area contributed by atoms with Crippen LogP contribution in [0.3, 0.4) is 0 Å². The maximum atomic E-state index is 9.28. The summed E-state index contributed by atoms with van der Waals surface area (Å²) in [5.74, 6) is 0. The van der Waals surface area contributed by atoms with E-state index in [-0.39, 0.29) is 5.41 Å². The van der Waals surface area contributed by atoms with Crippen molar-refractivity contribution in [1.29, 1.82) is 10.5 Å². The van der Waals surface area contributed by atoms with Crippen molar-refractivity contribution >= 4 is 0 Å². The van der Waals surface area contributed by atoms with Crippen LogP contribution in [-0.2, 0) is 18.3 Å². The number of hydrogen-bond acceptors (Lipinski definition) is 2. The average molecular weight is 326 g/mol. The fourth-order valence-corrected chi connectivity index (χ4v) is 3.00. The van der Waals surface area contributed by atoms with Gasteiger partial charge in [-0.1, -0.05) is 50.3 Å². The van der Waals surface area contributed by atoms with Crippen LogP contribution < -0.4 is 0 Å². The summed E-state index contributed by atoms with van der Waals surface area (Å²) in [6.45, 7) is 11.9. The largest absolute Gasteiger partial charge is 0.192 e. The molecule has 0 saturated heterocycles. The predicted octanol–water partition coefficient (Wildman–Crippen LogP) is 5.21. The van der Waals surface area contributed by atoms with Crippen molar-refractivity contribution in [2.24, 2.45) is 0 Å². The molecule has 25 heavy (non-hydrogen) atoms. The summed E-state index contributed by atoms with van der Waals surface area (Å²) in [4.78, 5) is 0. The van der Waals surface area contributed by atoms with Crippen molar-refractivity contribution in [3.05, 3.63) is 95.1 Å². The predicted molar refractivity (Wildman–Crippen MR) is 102 cm³/mol. The minimum absolute atomic E-state index is 0.242. The van der Waals surface area contributed by atoms with Crippen LogP contribution in [0.1, 0.15) is 47.2 Å². The van der Waals surface area contributed by atoms with Crippen LogP contribution in [0.25, 0.3) is 0 Å². The highest BCUT2D eigenvalue weighted by Gasteiger charge is 2.24. The van der Waals surface area contributed by atoms with Crippen molar-refractivity contribution in [2.75, 3.05) is 0 Å². The Morgan fingerprint density at radius 2 is 1.24 bits per heavy atom. The van der Waals surface area contributed by atoms with Crippen LogP contribution in [0.15, 0.2) is 61.7 Å². The van der Waals surface area contributed by atoms with E-state index < -0.39 is 0 Å². The molecule has 0 aromatic heterocycles. The molecule has 0 aliphatic rings. The van der Waals surface area contributed by atoms with Gasteiger partial charge in [0.15, 0.2) is 0 Å². The maximum Gasteiger partial charge on any atom is 0.0994 e. The van der Waals surface area contributed by atoms with Gasteiger partial charge in [0.2, 0.25) is 0 Å². The summed E-state index contributed by atoms with van der Waals surface area (Å²) in [6, 6.07) is 16.4. The Kier molecular flexibility index (Phi) is 5.58. The van der Waals surface area contributed by atoms with Crippen LogP contribution in [0.4, 0.5) is 0 Å². The van der Waals surface area contributed by atoms with Gasteiger partial charge < -0.3 is 0 Å². The van der Waals surface area contributed by atoms with Crippen LogP contribution in [0, 0.1) is 22.7 Å². The molecule has 2 rings (SSSR count). The van der Waals surface area contributed by atoms with Gasteiger partial charge in [-0.05, 0) is 47.2 Å². The number of rotatable bonds is 6. The lowest BCUT2D eigenvalue weighted by Crippen LogP contribution is -2.20. The molecule has 2 nitrogen and oxygen atoms in total. The van der Waals surface area contributed by atoms with E-state index in [1.54, 1.807) is 0 Å². The van der Waals surface area contributed by atoms with E-state index in [1.807, 2.05) is 36.4 Å². The highest BCUT2D eigenvalue weighted by molar-refractivity contribution is 5.49. The Balaban J connectivity index is 2.55. The molecule has 0 unspecified atom stereocenters. The van der Waals surface area contributed by atoms with E-state index in [2.05, 4.69) is 51.3 Å².